The monoisotopic (exact) mass is 501 g/mol. The van der Waals surface area contributed by atoms with Gasteiger partial charge in [-0.2, -0.15) is 0 Å². The number of anilines is 1. The highest BCUT2D eigenvalue weighted by atomic mass is 79.9. The molecule has 1 fully saturated rings. The zero-order valence-corrected chi connectivity index (χ0v) is 18.4. The minimum absolute atomic E-state index is 0.0356. The van der Waals surface area contributed by atoms with Crippen LogP contribution < -0.4 is 20.1 Å². The Kier molecular flexibility index (Phi) is 7.12. The van der Waals surface area contributed by atoms with Gasteiger partial charge < -0.3 is 20.1 Å². The van der Waals surface area contributed by atoms with E-state index in [2.05, 4.69) is 32.5 Å². The molecular weight excluding hydrogens is 485 g/mol. The van der Waals surface area contributed by atoms with Crippen molar-refractivity contribution in [3.05, 3.63) is 57.9 Å². The van der Waals surface area contributed by atoms with E-state index in [1.165, 1.54) is 31.4 Å². The number of hydrogen-bond acceptors (Lipinski definition) is 5. The average Bonchev–Trinajstić information content (AvgIpc) is 3.01. The highest BCUT2D eigenvalue weighted by molar-refractivity contribution is 9.10. The molecule has 2 N–H and O–H groups in total. The lowest BCUT2D eigenvalue weighted by molar-refractivity contribution is -0.127. The van der Waals surface area contributed by atoms with E-state index in [4.69, 9.17) is 15.9 Å². The summed E-state index contributed by atoms with van der Waals surface area (Å²) in [5.74, 6) is 1.04. The second-order valence-corrected chi connectivity index (χ2v) is 7.29. The fourth-order valence-corrected chi connectivity index (χ4v) is 3.43. The van der Waals surface area contributed by atoms with Crippen LogP contribution in [0.2, 0.25) is 0 Å². The van der Waals surface area contributed by atoms with E-state index >= 15 is 0 Å². The molecule has 4 amide bonds. The largest absolute Gasteiger partial charge is 0.493 e. The van der Waals surface area contributed by atoms with Crippen LogP contribution in [0.1, 0.15) is 5.56 Å². The van der Waals surface area contributed by atoms with E-state index in [9.17, 15) is 18.8 Å². The molecule has 164 valence electrons. The van der Waals surface area contributed by atoms with Gasteiger partial charge in [-0.1, -0.05) is 18.1 Å². The molecule has 0 bridgehead atoms. The number of nitrogens with zero attached hydrogens (tertiary/aromatic N) is 1. The second kappa shape index (κ2) is 9.98. The molecule has 1 saturated heterocycles. The first-order chi connectivity index (χ1) is 15.3. The maximum absolute atomic E-state index is 13.7. The third-order valence-corrected chi connectivity index (χ3v) is 4.86. The molecule has 10 heteroatoms. The molecule has 1 aliphatic rings. The van der Waals surface area contributed by atoms with Crippen LogP contribution in [0.15, 0.2) is 46.6 Å². The molecule has 0 spiro atoms. The number of nitrogens with one attached hydrogen (secondary N) is 2. The molecule has 3 rings (SSSR count). The Labute approximate surface area is 191 Å². The van der Waals surface area contributed by atoms with Gasteiger partial charge in [0.15, 0.2) is 11.5 Å². The molecule has 8 nitrogen and oxygen atoms in total. The summed E-state index contributed by atoms with van der Waals surface area (Å²) in [5, 5.41) is 4.75. The van der Waals surface area contributed by atoms with Gasteiger partial charge in [-0.15, -0.1) is 6.42 Å². The number of hydrogen-bond donors (Lipinski definition) is 2. The number of amides is 4. The number of terminal acetylenes is 1. The molecule has 2 aromatic carbocycles. The summed E-state index contributed by atoms with van der Waals surface area (Å²) in [7, 11) is 1.44. The molecule has 0 radical (unpaired) electrons. The molecular formula is C22H17BrFN3O5. The standard InChI is InChI=1S/C22H17BrFN3O5/c1-3-8-32-20-14(23)9-13(11-18(20)31-2)10-17-21(29)27(22(30)26-17)12-19(28)25-16-7-5-4-6-15(16)24/h1,4-7,9-11H,8,12H2,2H3,(H,25,28)(H,26,30)/b17-10+. The molecule has 0 unspecified atom stereocenters. The number of urea groups is 1. The normalized spacial score (nSPS) is 14.2. The summed E-state index contributed by atoms with van der Waals surface area (Å²) in [4.78, 5) is 37.8. The summed E-state index contributed by atoms with van der Waals surface area (Å²) < 4.78 is 25.0. The number of ether oxygens (including phenoxy) is 2. The van der Waals surface area contributed by atoms with Gasteiger partial charge in [0.1, 0.15) is 24.7 Å². The van der Waals surface area contributed by atoms with Gasteiger partial charge in [-0.25, -0.2) is 14.1 Å². The summed E-state index contributed by atoms with van der Waals surface area (Å²) in [6.07, 6.45) is 6.64. The van der Waals surface area contributed by atoms with Gasteiger partial charge in [-0.3, -0.25) is 9.59 Å². The van der Waals surface area contributed by atoms with E-state index in [1.807, 2.05) is 0 Å². The predicted octanol–water partition coefficient (Wildman–Crippen LogP) is 3.14. The van der Waals surface area contributed by atoms with Crippen molar-refractivity contribution in [1.82, 2.24) is 10.2 Å². The molecule has 0 atom stereocenters. The third kappa shape index (κ3) is 5.07. The van der Waals surface area contributed by atoms with E-state index in [1.54, 1.807) is 18.2 Å². The lowest BCUT2D eigenvalue weighted by Gasteiger charge is -2.12. The van der Waals surface area contributed by atoms with Crippen molar-refractivity contribution in [2.24, 2.45) is 0 Å². The van der Waals surface area contributed by atoms with Crippen LogP contribution in [0.4, 0.5) is 14.9 Å². The topological polar surface area (TPSA) is 97.0 Å². The zero-order valence-electron chi connectivity index (χ0n) is 16.8. The number of carbonyl (C=O) groups excluding carboxylic acids is 3. The molecule has 2 aromatic rings. The molecule has 0 aliphatic carbocycles. The molecule has 0 saturated carbocycles. The van der Waals surface area contributed by atoms with Crippen molar-refractivity contribution >= 4 is 45.5 Å². The minimum Gasteiger partial charge on any atom is -0.493 e. The predicted molar refractivity (Wildman–Crippen MR) is 118 cm³/mol. The van der Waals surface area contributed by atoms with Crippen LogP contribution in [-0.2, 0) is 9.59 Å². The number of carbonyl (C=O) groups is 3. The quantitative estimate of drug-likeness (QED) is 0.345. The lowest BCUT2D eigenvalue weighted by Crippen LogP contribution is -2.38. The Morgan fingerprint density at radius 2 is 2.09 bits per heavy atom. The first kappa shape index (κ1) is 22.8. The van der Waals surface area contributed by atoms with E-state index in [-0.39, 0.29) is 18.0 Å². The fourth-order valence-electron chi connectivity index (χ4n) is 2.85. The number of methoxy groups -OCH3 is 1. The van der Waals surface area contributed by atoms with E-state index in [0.29, 0.717) is 21.5 Å². The van der Waals surface area contributed by atoms with Crippen molar-refractivity contribution in [3.63, 3.8) is 0 Å². The summed E-state index contributed by atoms with van der Waals surface area (Å²) in [6, 6.07) is 8.03. The summed E-state index contributed by atoms with van der Waals surface area (Å²) >= 11 is 3.36. The van der Waals surface area contributed by atoms with Gasteiger partial charge in [0.2, 0.25) is 5.91 Å². The number of benzene rings is 2. The number of imide groups is 1. The van der Waals surface area contributed by atoms with Crippen molar-refractivity contribution < 1.29 is 28.2 Å². The number of rotatable bonds is 7. The highest BCUT2D eigenvalue weighted by Gasteiger charge is 2.35. The van der Waals surface area contributed by atoms with Crippen LogP contribution in [0, 0.1) is 18.2 Å². The van der Waals surface area contributed by atoms with Crippen molar-refractivity contribution in [3.8, 4) is 23.8 Å². The Morgan fingerprint density at radius 3 is 2.78 bits per heavy atom. The maximum Gasteiger partial charge on any atom is 0.329 e. The van der Waals surface area contributed by atoms with Crippen molar-refractivity contribution in [2.45, 2.75) is 0 Å². The fraction of sp³-hybridized carbons (Fsp3) is 0.136. The van der Waals surface area contributed by atoms with Gasteiger partial charge in [0.05, 0.1) is 17.3 Å². The molecule has 1 heterocycles. The van der Waals surface area contributed by atoms with Crippen LogP contribution >= 0.6 is 15.9 Å². The maximum atomic E-state index is 13.7. The summed E-state index contributed by atoms with van der Waals surface area (Å²) in [6.45, 7) is -0.546. The van der Waals surface area contributed by atoms with Gasteiger partial charge >= 0.3 is 6.03 Å². The van der Waals surface area contributed by atoms with Crippen molar-refractivity contribution in [2.75, 3.05) is 25.6 Å². The lowest BCUT2D eigenvalue weighted by atomic mass is 10.1. The van der Waals surface area contributed by atoms with Crippen LogP contribution in [-0.4, -0.2) is 43.0 Å². The van der Waals surface area contributed by atoms with Crippen molar-refractivity contribution in [1.29, 1.82) is 0 Å². The molecule has 32 heavy (non-hydrogen) atoms. The zero-order chi connectivity index (χ0) is 23.3. The average molecular weight is 502 g/mol. The Balaban J connectivity index is 1.76. The van der Waals surface area contributed by atoms with Gasteiger partial charge in [0, 0.05) is 0 Å². The molecule has 0 aromatic heterocycles. The number of halogens is 2. The van der Waals surface area contributed by atoms with Gasteiger partial charge in [-0.05, 0) is 51.8 Å². The second-order valence-electron chi connectivity index (χ2n) is 6.43. The number of para-hydroxylation sites is 1. The van der Waals surface area contributed by atoms with Crippen LogP contribution in [0.3, 0.4) is 0 Å². The first-order valence-electron chi connectivity index (χ1n) is 9.16. The third-order valence-electron chi connectivity index (χ3n) is 4.27. The van der Waals surface area contributed by atoms with Gasteiger partial charge in [0.25, 0.3) is 5.91 Å². The minimum atomic E-state index is -0.773. The Bertz CT molecular complexity index is 1160. The SMILES string of the molecule is C#CCOc1c(Br)cc(/C=C2/NC(=O)N(CC(=O)Nc3ccccc3F)C2=O)cc1OC. The Morgan fingerprint density at radius 1 is 1.34 bits per heavy atom. The smallest absolute Gasteiger partial charge is 0.329 e. The first-order valence-corrected chi connectivity index (χ1v) is 9.96. The molecule has 1 aliphatic heterocycles. The van der Waals surface area contributed by atoms with E-state index in [0.717, 1.165) is 4.90 Å². The summed E-state index contributed by atoms with van der Waals surface area (Å²) in [5.41, 5.74) is 0.424. The van der Waals surface area contributed by atoms with Crippen LogP contribution in [0.5, 0.6) is 11.5 Å². The van der Waals surface area contributed by atoms with E-state index < -0.39 is 30.2 Å². The highest BCUT2D eigenvalue weighted by Crippen LogP contribution is 2.37. The van der Waals surface area contributed by atoms with Crippen LogP contribution in [0.25, 0.3) is 6.08 Å². The Hall–Kier alpha value is -3.84.